The lowest BCUT2D eigenvalue weighted by Gasteiger charge is -2.23. The number of hydrogen-bond donors (Lipinski definition) is 3. The molecule has 3 rings (SSSR count). The number of amides is 2. The van der Waals surface area contributed by atoms with Crippen molar-refractivity contribution in [2.75, 3.05) is 13.7 Å². The van der Waals surface area contributed by atoms with E-state index in [1.165, 1.54) is 45.3 Å². The summed E-state index contributed by atoms with van der Waals surface area (Å²) in [4.78, 5) is 37.6. The maximum absolute atomic E-state index is 12.9. The lowest BCUT2D eigenvalue weighted by molar-refractivity contribution is -0.130. The minimum absolute atomic E-state index is 0.0468. The highest BCUT2D eigenvalue weighted by Crippen LogP contribution is 2.23. The second-order valence-electron chi connectivity index (χ2n) is 9.40. The van der Waals surface area contributed by atoms with E-state index >= 15 is 0 Å². The molecule has 1 atom stereocenters. The summed E-state index contributed by atoms with van der Waals surface area (Å²) in [7, 11) is 1.51. The second kappa shape index (κ2) is 13.9. The van der Waals surface area contributed by atoms with Crippen LogP contribution in [0.5, 0.6) is 5.75 Å². The van der Waals surface area contributed by atoms with Gasteiger partial charge in [0.15, 0.2) is 0 Å². The van der Waals surface area contributed by atoms with Crippen molar-refractivity contribution in [3.63, 3.8) is 0 Å². The van der Waals surface area contributed by atoms with Crippen LogP contribution in [-0.4, -0.2) is 42.7 Å². The van der Waals surface area contributed by atoms with E-state index in [1.54, 1.807) is 18.2 Å². The molecule has 1 saturated carbocycles. The zero-order valence-corrected chi connectivity index (χ0v) is 20.6. The Balaban J connectivity index is 1.61. The highest BCUT2D eigenvalue weighted by atomic mass is 16.5. The number of aliphatic hydroxyl groups excluding tert-OH is 1. The van der Waals surface area contributed by atoms with Crippen molar-refractivity contribution in [3.05, 3.63) is 40.2 Å². The first-order valence-electron chi connectivity index (χ1n) is 12.8. The van der Waals surface area contributed by atoms with Gasteiger partial charge in [-0.25, -0.2) is 4.79 Å². The van der Waals surface area contributed by atoms with Crippen LogP contribution in [0.2, 0.25) is 0 Å². The third-order valence-corrected chi connectivity index (χ3v) is 6.67. The average Bonchev–Trinajstić information content (AvgIpc) is 2.83. The third kappa shape index (κ3) is 8.38. The van der Waals surface area contributed by atoms with Crippen molar-refractivity contribution in [3.8, 4) is 5.75 Å². The smallest absolute Gasteiger partial charge is 0.336 e. The SMILES string of the molecule is COc1ccc2c(CC(=O)N[C@@H](CO)C(=O)NC3CCCCCCCCCCC3)cc(=O)oc2c1. The van der Waals surface area contributed by atoms with Crippen LogP contribution in [0, 0.1) is 0 Å². The number of fused-ring (bicyclic) bond motifs is 1. The predicted molar refractivity (Wildman–Crippen MR) is 134 cm³/mol. The van der Waals surface area contributed by atoms with Gasteiger partial charge < -0.3 is 24.9 Å². The summed E-state index contributed by atoms with van der Waals surface area (Å²) < 4.78 is 10.4. The van der Waals surface area contributed by atoms with E-state index in [0.29, 0.717) is 22.3 Å². The summed E-state index contributed by atoms with van der Waals surface area (Å²) >= 11 is 0. The first kappa shape index (κ1) is 26.7. The number of aliphatic hydroxyl groups is 1. The van der Waals surface area contributed by atoms with Crippen LogP contribution >= 0.6 is 0 Å². The monoisotopic (exact) mass is 486 g/mol. The van der Waals surface area contributed by atoms with Crippen molar-refractivity contribution < 1.29 is 23.8 Å². The molecule has 0 spiro atoms. The quantitative estimate of drug-likeness (QED) is 0.515. The molecule has 0 aliphatic heterocycles. The lowest BCUT2D eigenvalue weighted by atomic mass is 9.97. The second-order valence-corrected chi connectivity index (χ2v) is 9.40. The van der Waals surface area contributed by atoms with E-state index in [2.05, 4.69) is 10.6 Å². The van der Waals surface area contributed by atoms with Crippen LogP contribution in [-0.2, 0) is 16.0 Å². The van der Waals surface area contributed by atoms with Crippen LogP contribution in [0.15, 0.2) is 33.5 Å². The van der Waals surface area contributed by atoms with E-state index in [0.717, 1.165) is 38.5 Å². The minimum Gasteiger partial charge on any atom is -0.497 e. The maximum atomic E-state index is 12.9. The fraction of sp³-hybridized carbons (Fsp3) is 0.593. The summed E-state index contributed by atoms with van der Waals surface area (Å²) in [5.41, 5.74) is 0.221. The molecule has 192 valence electrons. The Morgan fingerprint density at radius 3 is 2.26 bits per heavy atom. The molecule has 8 nitrogen and oxygen atoms in total. The van der Waals surface area contributed by atoms with Gasteiger partial charge in [-0.2, -0.15) is 0 Å². The fourth-order valence-corrected chi connectivity index (χ4v) is 4.71. The van der Waals surface area contributed by atoms with E-state index in [9.17, 15) is 19.5 Å². The Bertz CT molecular complexity index is 1020. The van der Waals surface area contributed by atoms with Gasteiger partial charge in [-0.15, -0.1) is 0 Å². The molecule has 1 fully saturated rings. The number of nitrogens with one attached hydrogen (secondary N) is 2. The summed E-state index contributed by atoms with van der Waals surface area (Å²) in [6, 6.07) is 5.30. The number of carbonyl (C=O) groups excluding carboxylic acids is 2. The van der Waals surface area contributed by atoms with E-state index in [1.807, 2.05) is 0 Å². The van der Waals surface area contributed by atoms with Gasteiger partial charge in [-0.05, 0) is 30.5 Å². The van der Waals surface area contributed by atoms with Gasteiger partial charge in [-0.3, -0.25) is 9.59 Å². The van der Waals surface area contributed by atoms with E-state index < -0.39 is 24.2 Å². The van der Waals surface area contributed by atoms with Crippen LogP contribution in [0.3, 0.4) is 0 Å². The molecule has 2 aromatic rings. The van der Waals surface area contributed by atoms with Crippen molar-refractivity contribution in [1.29, 1.82) is 0 Å². The summed E-state index contributed by atoms with van der Waals surface area (Å²) in [6.45, 7) is -0.501. The number of rotatable bonds is 7. The molecule has 8 heteroatoms. The minimum atomic E-state index is -1.05. The van der Waals surface area contributed by atoms with Crippen molar-refractivity contribution >= 4 is 22.8 Å². The van der Waals surface area contributed by atoms with Crippen LogP contribution in [0.1, 0.15) is 76.2 Å². The van der Waals surface area contributed by atoms with Gasteiger partial charge in [-0.1, -0.05) is 57.8 Å². The first-order chi connectivity index (χ1) is 17.0. The highest BCUT2D eigenvalue weighted by molar-refractivity contribution is 5.91. The average molecular weight is 487 g/mol. The van der Waals surface area contributed by atoms with Crippen LogP contribution in [0.4, 0.5) is 0 Å². The van der Waals surface area contributed by atoms with Gasteiger partial charge >= 0.3 is 5.63 Å². The number of ether oxygens (including phenoxy) is 1. The number of benzene rings is 1. The Morgan fingerprint density at radius 2 is 1.66 bits per heavy atom. The molecule has 0 unspecified atom stereocenters. The molecule has 0 bridgehead atoms. The van der Waals surface area contributed by atoms with Crippen LogP contribution < -0.4 is 21.0 Å². The Kier molecular flexibility index (Phi) is 10.6. The lowest BCUT2D eigenvalue weighted by Crippen LogP contribution is -2.51. The number of hydrogen-bond acceptors (Lipinski definition) is 6. The predicted octanol–water partition coefficient (Wildman–Crippen LogP) is 3.61. The normalized spacial score (nSPS) is 17.1. The third-order valence-electron chi connectivity index (χ3n) is 6.67. The Labute approximate surface area is 206 Å². The van der Waals surface area contributed by atoms with Crippen molar-refractivity contribution in [1.82, 2.24) is 10.6 Å². The molecule has 0 radical (unpaired) electrons. The van der Waals surface area contributed by atoms with Gasteiger partial charge in [0.25, 0.3) is 0 Å². The largest absolute Gasteiger partial charge is 0.497 e. The van der Waals surface area contributed by atoms with E-state index in [-0.39, 0.29) is 18.4 Å². The number of carbonyl (C=O) groups is 2. The first-order valence-corrected chi connectivity index (χ1v) is 12.8. The highest BCUT2D eigenvalue weighted by Gasteiger charge is 2.23. The molecule has 1 aliphatic rings. The molecular weight excluding hydrogens is 448 g/mol. The summed E-state index contributed by atoms with van der Waals surface area (Å²) in [5.74, 6) is -0.299. The molecule has 0 saturated heterocycles. The fourth-order valence-electron chi connectivity index (χ4n) is 4.71. The standard InChI is InChI=1S/C27H38N2O6/c1-34-21-13-14-22-19(16-26(32)35-24(22)17-21)15-25(31)29-23(18-30)27(33)28-20-11-9-7-5-3-2-4-6-8-10-12-20/h13-14,16-17,20,23,30H,2-12,15,18H2,1H3,(H,28,33)(H,29,31)/t23-/m0/s1. The molecule has 1 aromatic carbocycles. The van der Waals surface area contributed by atoms with Gasteiger partial charge in [0, 0.05) is 23.6 Å². The van der Waals surface area contributed by atoms with Crippen molar-refractivity contribution in [2.24, 2.45) is 0 Å². The van der Waals surface area contributed by atoms with E-state index in [4.69, 9.17) is 9.15 Å². The zero-order chi connectivity index (χ0) is 25.0. The topological polar surface area (TPSA) is 118 Å². The van der Waals surface area contributed by atoms with Crippen LogP contribution in [0.25, 0.3) is 11.0 Å². The van der Waals surface area contributed by atoms with Crippen molar-refractivity contribution in [2.45, 2.75) is 89.1 Å². The zero-order valence-electron chi connectivity index (χ0n) is 20.6. The molecule has 1 aliphatic carbocycles. The summed E-state index contributed by atoms with van der Waals surface area (Å²) in [5, 5.41) is 16.1. The summed E-state index contributed by atoms with van der Waals surface area (Å²) in [6.07, 6.45) is 12.5. The van der Waals surface area contributed by atoms with Gasteiger partial charge in [0.2, 0.25) is 11.8 Å². The molecular formula is C27H38N2O6. The number of methoxy groups -OCH3 is 1. The molecule has 35 heavy (non-hydrogen) atoms. The Morgan fingerprint density at radius 1 is 1.03 bits per heavy atom. The van der Waals surface area contributed by atoms with Gasteiger partial charge in [0.05, 0.1) is 20.1 Å². The molecule has 1 aromatic heterocycles. The molecule has 2 amide bonds. The maximum Gasteiger partial charge on any atom is 0.336 e. The molecule has 3 N–H and O–H groups in total. The molecule has 1 heterocycles. The van der Waals surface area contributed by atoms with Gasteiger partial charge in [0.1, 0.15) is 17.4 Å². The Hall–Kier alpha value is -2.87.